The smallest absolute Gasteiger partial charge is 0.255 e. The number of nitrogens with one attached hydrogen (secondary N) is 2. The van der Waals surface area contributed by atoms with Crippen LogP contribution < -0.4 is 19.9 Å². The van der Waals surface area contributed by atoms with Gasteiger partial charge in [-0.05, 0) is 95.3 Å². The van der Waals surface area contributed by atoms with Crippen LogP contribution >= 0.6 is 0 Å². The third-order valence-corrected chi connectivity index (χ3v) is 14.1. The average molecular weight is 834 g/mol. The number of carbonyl (C=O) groups excluding carboxylic acids is 3. The zero-order chi connectivity index (χ0) is 41.8. The molecule has 2 aromatic carbocycles. The number of fused-ring (bicyclic) bond motifs is 2. The zero-order valence-corrected chi connectivity index (χ0v) is 35.2. The van der Waals surface area contributed by atoms with Gasteiger partial charge in [-0.25, -0.2) is 14.4 Å². The van der Waals surface area contributed by atoms with Gasteiger partial charge >= 0.3 is 0 Å². The number of amides is 3. The summed E-state index contributed by atoms with van der Waals surface area (Å²) >= 11 is 0. The minimum absolute atomic E-state index is 0.0442. The summed E-state index contributed by atoms with van der Waals surface area (Å²) in [5.74, 6) is 0.904. The molecular weight excluding hydrogens is 778 g/mol. The van der Waals surface area contributed by atoms with Gasteiger partial charge in [0.2, 0.25) is 11.8 Å². The molecule has 0 radical (unpaired) electrons. The number of benzene rings is 2. The van der Waals surface area contributed by atoms with Gasteiger partial charge in [0.25, 0.3) is 5.91 Å². The molecule has 2 N–H and O–H groups in total. The molecule has 6 aliphatic rings. The molecule has 4 saturated heterocycles. The molecular formula is C45H56FN11O4. The molecule has 5 aliphatic heterocycles. The molecule has 10 rings (SSSR count). The van der Waals surface area contributed by atoms with Gasteiger partial charge in [0.05, 0.1) is 23.4 Å². The maximum Gasteiger partial charge on any atom is 0.255 e. The van der Waals surface area contributed by atoms with Gasteiger partial charge < -0.3 is 24.3 Å². The topological polar surface area (TPSA) is 146 Å². The number of carbonyl (C=O) groups is 3. The zero-order valence-electron chi connectivity index (χ0n) is 35.2. The molecule has 322 valence electrons. The summed E-state index contributed by atoms with van der Waals surface area (Å²) in [6.45, 7) is 15.9. The Morgan fingerprint density at radius 2 is 1.69 bits per heavy atom. The van der Waals surface area contributed by atoms with Crippen LogP contribution in [0.4, 0.5) is 15.9 Å². The SMILES string of the molecule is C[C@H]1CN(c2cc(-c3n[nH]c4ccc(OC5(C)CC5)cc34)ncn2)CCN1CCN1CCC(CN2CCN(c3ccc4c(c3F)CN(C3CCC(=O)NC3=O)C4=O)CC2)CC1. The van der Waals surface area contributed by atoms with Gasteiger partial charge in [0.1, 0.15) is 35.2 Å². The second-order valence-electron chi connectivity index (χ2n) is 18.3. The number of imide groups is 1. The number of rotatable bonds is 11. The number of hydrogen-bond donors (Lipinski definition) is 2. The summed E-state index contributed by atoms with van der Waals surface area (Å²) in [5.41, 5.74) is 3.71. The van der Waals surface area contributed by atoms with Crippen LogP contribution in [-0.4, -0.2) is 154 Å². The monoisotopic (exact) mass is 833 g/mol. The van der Waals surface area contributed by atoms with Crippen molar-refractivity contribution in [2.75, 3.05) is 88.3 Å². The van der Waals surface area contributed by atoms with Gasteiger partial charge in [-0.3, -0.25) is 34.6 Å². The van der Waals surface area contributed by atoms with Crippen molar-refractivity contribution in [1.82, 2.24) is 45.1 Å². The summed E-state index contributed by atoms with van der Waals surface area (Å²) in [7, 11) is 0. The van der Waals surface area contributed by atoms with E-state index in [9.17, 15) is 14.4 Å². The van der Waals surface area contributed by atoms with Crippen LogP contribution in [0.1, 0.15) is 68.3 Å². The highest BCUT2D eigenvalue weighted by Gasteiger charge is 2.42. The Kier molecular flexibility index (Phi) is 10.6. The molecule has 15 nitrogen and oxygen atoms in total. The molecule has 2 atom stereocenters. The fraction of sp³-hybridized carbons (Fsp3) is 0.556. The van der Waals surface area contributed by atoms with Crippen LogP contribution in [0.15, 0.2) is 42.7 Å². The van der Waals surface area contributed by atoms with Gasteiger partial charge in [0.15, 0.2) is 5.82 Å². The van der Waals surface area contributed by atoms with E-state index in [1.165, 1.54) is 17.7 Å². The molecule has 2 aromatic heterocycles. The van der Waals surface area contributed by atoms with Crippen LogP contribution in [0.3, 0.4) is 0 Å². The molecule has 0 spiro atoms. The first-order valence-electron chi connectivity index (χ1n) is 22.2. The third-order valence-electron chi connectivity index (χ3n) is 14.1. The van der Waals surface area contributed by atoms with E-state index in [1.807, 2.05) is 12.1 Å². The summed E-state index contributed by atoms with van der Waals surface area (Å²) in [6, 6.07) is 11.2. The van der Waals surface area contributed by atoms with Gasteiger partial charge in [-0.15, -0.1) is 0 Å². The second-order valence-corrected chi connectivity index (χ2v) is 18.3. The first-order valence-corrected chi connectivity index (χ1v) is 22.2. The van der Waals surface area contributed by atoms with E-state index in [2.05, 4.69) is 76.0 Å². The number of hydrogen-bond acceptors (Lipinski definition) is 12. The number of anilines is 2. The summed E-state index contributed by atoms with van der Waals surface area (Å²) < 4.78 is 22.2. The highest BCUT2D eigenvalue weighted by molar-refractivity contribution is 6.05. The van der Waals surface area contributed by atoms with E-state index in [-0.39, 0.29) is 42.6 Å². The lowest BCUT2D eigenvalue weighted by atomic mass is 9.96. The minimum atomic E-state index is -0.755. The Balaban J connectivity index is 0.661. The van der Waals surface area contributed by atoms with E-state index in [0.717, 1.165) is 125 Å². The summed E-state index contributed by atoms with van der Waals surface area (Å²) in [5, 5.41) is 11.1. The Labute approximate surface area is 355 Å². The first kappa shape index (κ1) is 39.9. The number of likely N-dealkylation sites (tertiary alicyclic amines) is 1. The fourth-order valence-corrected chi connectivity index (χ4v) is 10.0. The van der Waals surface area contributed by atoms with Crippen LogP contribution in [-0.2, 0) is 16.1 Å². The normalized spacial score (nSPS) is 24.1. The van der Waals surface area contributed by atoms with Crippen LogP contribution in [0.5, 0.6) is 5.75 Å². The van der Waals surface area contributed by atoms with Crippen LogP contribution in [0, 0.1) is 11.7 Å². The van der Waals surface area contributed by atoms with Gasteiger partial charge in [-0.2, -0.15) is 5.10 Å². The molecule has 1 saturated carbocycles. The number of halogens is 1. The molecule has 1 aliphatic carbocycles. The minimum Gasteiger partial charge on any atom is -0.488 e. The van der Waals surface area contributed by atoms with E-state index in [1.54, 1.807) is 18.5 Å². The average Bonchev–Trinajstić information content (AvgIpc) is 3.68. The van der Waals surface area contributed by atoms with E-state index < -0.39 is 11.9 Å². The maximum atomic E-state index is 16.0. The Morgan fingerprint density at radius 3 is 2.46 bits per heavy atom. The largest absolute Gasteiger partial charge is 0.488 e. The lowest BCUT2D eigenvalue weighted by Gasteiger charge is -2.42. The fourth-order valence-electron chi connectivity index (χ4n) is 10.0. The molecule has 0 bridgehead atoms. The maximum absolute atomic E-state index is 16.0. The van der Waals surface area contributed by atoms with E-state index >= 15 is 4.39 Å². The number of H-pyrrole nitrogens is 1. The van der Waals surface area contributed by atoms with E-state index in [4.69, 9.17) is 4.74 Å². The second kappa shape index (κ2) is 16.3. The lowest BCUT2D eigenvalue weighted by Crippen LogP contribution is -2.54. The van der Waals surface area contributed by atoms with Crippen molar-refractivity contribution in [2.24, 2.45) is 5.92 Å². The van der Waals surface area contributed by atoms with Gasteiger partial charge in [0, 0.05) is 100 Å². The van der Waals surface area contributed by atoms with Crippen LogP contribution in [0.25, 0.3) is 22.3 Å². The number of nitrogens with zero attached hydrogens (tertiary/aromatic N) is 9. The number of aromatic amines is 1. The third kappa shape index (κ3) is 8.17. The van der Waals surface area contributed by atoms with Crippen molar-refractivity contribution in [3.05, 3.63) is 59.7 Å². The van der Waals surface area contributed by atoms with Crippen molar-refractivity contribution in [1.29, 1.82) is 0 Å². The highest BCUT2D eigenvalue weighted by atomic mass is 19.1. The summed E-state index contributed by atoms with van der Waals surface area (Å²) in [6.07, 6.45) is 6.63. The van der Waals surface area contributed by atoms with Crippen molar-refractivity contribution >= 4 is 40.1 Å². The number of piperazine rings is 2. The Hall–Kier alpha value is -5.19. The Bertz CT molecular complexity index is 2320. The molecule has 5 fully saturated rings. The number of aromatic nitrogens is 4. The number of ether oxygens (including phenoxy) is 1. The lowest BCUT2D eigenvalue weighted by molar-refractivity contribution is -0.136. The Morgan fingerprint density at radius 1 is 0.885 bits per heavy atom. The highest BCUT2D eigenvalue weighted by Crippen LogP contribution is 2.41. The summed E-state index contributed by atoms with van der Waals surface area (Å²) in [4.78, 5) is 60.2. The standard InChI is InChI=1S/C45H56FN11O4/c1-29-25-56(39-24-36(47-28-48-39)42-33-23-31(61-45(2)11-12-45)3-5-35(33)50-51-42)22-21-54(29)18-15-52-13-9-30(10-14-52)26-53-16-19-55(20-17-53)37-6-4-32-34(41(37)46)27-57(44(32)60)38-7-8-40(58)49-43(38)59/h3-6,23-24,28-30,38H,7-22,25-27H2,1-2H3,(H,50,51)(H,49,58,59)/t29-,38?/m0/s1. The van der Waals surface area contributed by atoms with Crippen molar-refractivity contribution in [3.63, 3.8) is 0 Å². The van der Waals surface area contributed by atoms with Crippen LogP contribution in [0.2, 0.25) is 0 Å². The first-order chi connectivity index (χ1) is 29.6. The van der Waals surface area contributed by atoms with Gasteiger partial charge in [-0.1, -0.05) is 0 Å². The molecule has 3 amide bonds. The molecule has 7 heterocycles. The van der Waals surface area contributed by atoms with Crippen molar-refractivity contribution in [2.45, 2.75) is 76.6 Å². The predicted molar refractivity (Wildman–Crippen MR) is 229 cm³/mol. The number of piperidine rings is 2. The molecule has 1 unspecified atom stereocenters. The predicted octanol–water partition coefficient (Wildman–Crippen LogP) is 3.90. The molecule has 61 heavy (non-hydrogen) atoms. The molecule has 4 aromatic rings. The quantitative estimate of drug-likeness (QED) is 0.212. The van der Waals surface area contributed by atoms with E-state index in [0.29, 0.717) is 28.8 Å². The van der Waals surface area contributed by atoms with Crippen molar-refractivity contribution in [3.8, 4) is 17.1 Å². The van der Waals surface area contributed by atoms with Crippen molar-refractivity contribution < 1.29 is 23.5 Å². The molecule has 16 heteroatoms.